The van der Waals surface area contributed by atoms with Gasteiger partial charge < -0.3 is 10.2 Å². The molecule has 1 saturated heterocycles. The molecule has 4 rings (SSSR count). The van der Waals surface area contributed by atoms with Crippen molar-refractivity contribution in [1.29, 1.82) is 0 Å². The van der Waals surface area contributed by atoms with Crippen molar-refractivity contribution in [3.8, 4) is 0 Å². The number of anilines is 2. The predicted octanol–water partition coefficient (Wildman–Crippen LogP) is 3.32. The second-order valence-corrected chi connectivity index (χ2v) is 6.97. The SMILES string of the molecule is O=C(c1cc(Nc2ccc(F)cc2)ncn1)N1CCN(Cc2ccccc2)CC1. The molecule has 3 aromatic rings. The number of rotatable bonds is 5. The molecule has 0 bridgehead atoms. The van der Waals surface area contributed by atoms with Gasteiger partial charge in [-0.25, -0.2) is 14.4 Å². The fourth-order valence-corrected chi connectivity index (χ4v) is 3.34. The zero-order valence-electron chi connectivity index (χ0n) is 16.0. The molecule has 1 N–H and O–H groups in total. The van der Waals surface area contributed by atoms with E-state index in [-0.39, 0.29) is 11.7 Å². The highest BCUT2D eigenvalue weighted by atomic mass is 19.1. The van der Waals surface area contributed by atoms with E-state index in [1.54, 1.807) is 18.2 Å². The van der Waals surface area contributed by atoms with Crippen LogP contribution < -0.4 is 5.32 Å². The molecule has 29 heavy (non-hydrogen) atoms. The summed E-state index contributed by atoms with van der Waals surface area (Å²) in [4.78, 5) is 25.3. The molecule has 7 heteroatoms. The van der Waals surface area contributed by atoms with Gasteiger partial charge in [-0.15, -0.1) is 0 Å². The third-order valence-electron chi connectivity index (χ3n) is 4.91. The number of hydrogen-bond donors (Lipinski definition) is 1. The third kappa shape index (κ3) is 4.94. The molecular weight excluding hydrogens is 369 g/mol. The Morgan fingerprint density at radius 3 is 2.41 bits per heavy atom. The molecule has 6 nitrogen and oxygen atoms in total. The van der Waals surface area contributed by atoms with Crippen molar-refractivity contribution in [1.82, 2.24) is 19.8 Å². The first-order valence-electron chi connectivity index (χ1n) is 9.57. The van der Waals surface area contributed by atoms with Crippen LogP contribution in [0.2, 0.25) is 0 Å². The number of nitrogens with zero attached hydrogens (tertiary/aromatic N) is 4. The van der Waals surface area contributed by atoms with E-state index in [0.29, 0.717) is 30.3 Å². The van der Waals surface area contributed by atoms with Gasteiger partial charge >= 0.3 is 0 Å². The summed E-state index contributed by atoms with van der Waals surface area (Å²) in [6.07, 6.45) is 1.37. The highest BCUT2D eigenvalue weighted by Crippen LogP contribution is 2.16. The summed E-state index contributed by atoms with van der Waals surface area (Å²) in [5.74, 6) is 0.0899. The molecule has 1 amide bonds. The Labute approximate surface area is 169 Å². The van der Waals surface area contributed by atoms with Crippen molar-refractivity contribution < 1.29 is 9.18 Å². The van der Waals surface area contributed by atoms with Gasteiger partial charge in [-0.05, 0) is 29.8 Å². The second kappa shape index (κ2) is 8.79. The number of halogens is 1. The van der Waals surface area contributed by atoms with Crippen LogP contribution in [0.15, 0.2) is 67.0 Å². The van der Waals surface area contributed by atoms with E-state index in [2.05, 4.69) is 32.3 Å². The number of benzene rings is 2. The van der Waals surface area contributed by atoms with Gasteiger partial charge in [-0.2, -0.15) is 0 Å². The predicted molar refractivity (Wildman–Crippen MR) is 109 cm³/mol. The Hall–Kier alpha value is -3.32. The Morgan fingerprint density at radius 1 is 0.966 bits per heavy atom. The van der Waals surface area contributed by atoms with E-state index in [0.717, 1.165) is 19.6 Å². The highest BCUT2D eigenvalue weighted by molar-refractivity contribution is 5.93. The van der Waals surface area contributed by atoms with E-state index < -0.39 is 0 Å². The lowest BCUT2D eigenvalue weighted by atomic mass is 10.2. The summed E-state index contributed by atoms with van der Waals surface area (Å²) in [6.45, 7) is 3.87. The quantitative estimate of drug-likeness (QED) is 0.723. The van der Waals surface area contributed by atoms with Gasteiger partial charge in [0.2, 0.25) is 0 Å². The van der Waals surface area contributed by atoms with Crippen LogP contribution in [0, 0.1) is 5.82 Å². The fraction of sp³-hybridized carbons (Fsp3) is 0.227. The average molecular weight is 391 g/mol. The number of amides is 1. The van der Waals surface area contributed by atoms with Crippen molar-refractivity contribution in [3.05, 3.63) is 84.1 Å². The lowest BCUT2D eigenvalue weighted by Crippen LogP contribution is -2.48. The molecule has 1 aliphatic rings. The number of piperazine rings is 1. The maximum absolute atomic E-state index is 13.0. The van der Waals surface area contributed by atoms with Crippen molar-refractivity contribution in [2.24, 2.45) is 0 Å². The van der Waals surface area contributed by atoms with E-state index in [1.165, 1.54) is 24.0 Å². The molecule has 2 aromatic carbocycles. The van der Waals surface area contributed by atoms with E-state index in [1.807, 2.05) is 23.1 Å². The Balaban J connectivity index is 1.35. The van der Waals surface area contributed by atoms with Gasteiger partial charge in [-0.3, -0.25) is 9.69 Å². The molecule has 1 fully saturated rings. The monoisotopic (exact) mass is 391 g/mol. The molecule has 148 valence electrons. The van der Waals surface area contributed by atoms with E-state index in [4.69, 9.17) is 0 Å². The van der Waals surface area contributed by atoms with Gasteiger partial charge in [0.25, 0.3) is 5.91 Å². The van der Waals surface area contributed by atoms with Gasteiger partial charge in [0, 0.05) is 44.5 Å². The Kier molecular flexibility index (Phi) is 5.76. The normalized spacial score (nSPS) is 14.6. The number of aromatic nitrogens is 2. The summed E-state index contributed by atoms with van der Waals surface area (Å²) < 4.78 is 13.0. The van der Waals surface area contributed by atoms with Crippen molar-refractivity contribution in [2.45, 2.75) is 6.54 Å². The van der Waals surface area contributed by atoms with Crippen molar-refractivity contribution in [3.63, 3.8) is 0 Å². The molecule has 0 saturated carbocycles. The number of carbonyl (C=O) groups is 1. The molecule has 1 aromatic heterocycles. The number of nitrogens with one attached hydrogen (secondary N) is 1. The van der Waals surface area contributed by atoms with Crippen molar-refractivity contribution in [2.75, 3.05) is 31.5 Å². The molecule has 2 heterocycles. The molecule has 0 radical (unpaired) electrons. The lowest BCUT2D eigenvalue weighted by Gasteiger charge is -2.34. The topological polar surface area (TPSA) is 61.4 Å². The second-order valence-electron chi connectivity index (χ2n) is 6.97. The van der Waals surface area contributed by atoms with Gasteiger partial charge in [-0.1, -0.05) is 30.3 Å². The minimum atomic E-state index is -0.305. The number of hydrogen-bond acceptors (Lipinski definition) is 5. The largest absolute Gasteiger partial charge is 0.340 e. The smallest absolute Gasteiger partial charge is 0.272 e. The first-order chi connectivity index (χ1) is 14.2. The molecular formula is C22H22FN5O. The first-order valence-corrected chi connectivity index (χ1v) is 9.57. The zero-order valence-corrected chi connectivity index (χ0v) is 16.0. The number of carbonyl (C=O) groups excluding carboxylic acids is 1. The highest BCUT2D eigenvalue weighted by Gasteiger charge is 2.23. The minimum Gasteiger partial charge on any atom is -0.340 e. The zero-order chi connectivity index (χ0) is 20.1. The van der Waals surface area contributed by atoms with Gasteiger partial charge in [0.05, 0.1) is 0 Å². The van der Waals surface area contributed by atoms with Crippen LogP contribution in [-0.2, 0) is 6.54 Å². The maximum atomic E-state index is 13.0. The van der Waals surface area contributed by atoms with Crippen LogP contribution in [0.4, 0.5) is 15.9 Å². The standard InChI is InChI=1S/C22H22FN5O/c23-18-6-8-19(9-7-18)26-21-14-20(24-16-25-21)22(29)28-12-10-27(11-13-28)15-17-4-2-1-3-5-17/h1-9,14,16H,10-13,15H2,(H,24,25,26). The molecule has 0 unspecified atom stereocenters. The molecule has 1 aliphatic heterocycles. The maximum Gasteiger partial charge on any atom is 0.272 e. The van der Waals surface area contributed by atoms with Gasteiger partial charge in [0.15, 0.2) is 0 Å². The molecule has 0 aliphatic carbocycles. The minimum absolute atomic E-state index is 0.103. The van der Waals surface area contributed by atoms with Gasteiger partial charge in [0.1, 0.15) is 23.7 Å². The Bertz CT molecular complexity index is 956. The summed E-state index contributed by atoms with van der Waals surface area (Å²) in [5.41, 5.74) is 2.32. The summed E-state index contributed by atoms with van der Waals surface area (Å²) in [6, 6.07) is 17.9. The first kappa shape index (κ1) is 19.0. The summed E-state index contributed by atoms with van der Waals surface area (Å²) in [5, 5.41) is 3.07. The van der Waals surface area contributed by atoms with Crippen LogP contribution in [0.5, 0.6) is 0 Å². The summed E-state index contributed by atoms with van der Waals surface area (Å²) >= 11 is 0. The van der Waals surface area contributed by atoms with E-state index >= 15 is 0 Å². The van der Waals surface area contributed by atoms with Crippen LogP contribution in [-0.4, -0.2) is 51.9 Å². The van der Waals surface area contributed by atoms with E-state index in [9.17, 15) is 9.18 Å². The average Bonchev–Trinajstić information content (AvgIpc) is 2.76. The summed E-state index contributed by atoms with van der Waals surface area (Å²) in [7, 11) is 0. The molecule has 0 spiro atoms. The lowest BCUT2D eigenvalue weighted by molar-refractivity contribution is 0.0622. The Morgan fingerprint density at radius 2 is 1.69 bits per heavy atom. The van der Waals surface area contributed by atoms with Crippen LogP contribution >= 0.6 is 0 Å². The van der Waals surface area contributed by atoms with Crippen molar-refractivity contribution >= 4 is 17.4 Å². The molecule has 0 atom stereocenters. The third-order valence-corrected chi connectivity index (χ3v) is 4.91. The fourth-order valence-electron chi connectivity index (χ4n) is 3.34. The van der Waals surface area contributed by atoms with Crippen LogP contribution in [0.3, 0.4) is 0 Å². The van der Waals surface area contributed by atoms with Crippen LogP contribution in [0.1, 0.15) is 16.1 Å². The van der Waals surface area contributed by atoms with Crippen LogP contribution in [0.25, 0.3) is 0 Å².